The molecule has 1 aromatic heterocycles. The van der Waals surface area contributed by atoms with Crippen molar-refractivity contribution in [1.82, 2.24) is 15.3 Å². The lowest BCUT2D eigenvalue weighted by Gasteiger charge is -2.17. The Morgan fingerprint density at radius 1 is 1.39 bits per heavy atom. The summed E-state index contributed by atoms with van der Waals surface area (Å²) in [7, 11) is 0. The first-order valence-corrected chi connectivity index (χ1v) is 6.79. The molecule has 4 heteroatoms. The van der Waals surface area contributed by atoms with Gasteiger partial charge in [0.25, 0.3) is 0 Å². The highest BCUT2D eigenvalue weighted by molar-refractivity contribution is 5.18. The normalized spacial score (nSPS) is 16.9. The first-order chi connectivity index (χ1) is 8.56. The molecule has 0 bridgehead atoms. The van der Waals surface area contributed by atoms with Crippen LogP contribution in [0.5, 0.6) is 6.01 Å². The van der Waals surface area contributed by atoms with Gasteiger partial charge in [-0.3, -0.25) is 0 Å². The van der Waals surface area contributed by atoms with Crippen molar-refractivity contribution in [3.63, 3.8) is 0 Å². The quantitative estimate of drug-likeness (QED) is 0.841. The lowest BCUT2D eigenvalue weighted by Crippen LogP contribution is -2.21. The molecular formula is C14H23N3O. The molecular weight excluding hydrogens is 226 g/mol. The van der Waals surface area contributed by atoms with Crippen LogP contribution in [-0.4, -0.2) is 22.1 Å². The number of hydrogen-bond donors (Lipinski definition) is 1. The van der Waals surface area contributed by atoms with E-state index in [9.17, 15) is 0 Å². The second-order valence-corrected chi connectivity index (χ2v) is 5.49. The van der Waals surface area contributed by atoms with E-state index in [1.54, 1.807) is 0 Å². The van der Waals surface area contributed by atoms with E-state index in [1.165, 1.54) is 12.8 Å². The lowest BCUT2D eigenvalue weighted by atomic mass is 10.1. The van der Waals surface area contributed by atoms with Crippen LogP contribution in [0.25, 0.3) is 0 Å². The van der Waals surface area contributed by atoms with Gasteiger partial charge in [-0.05, 0) is 32.6 Å². The van der Waals surface area contributed by atoms with Crippen LogP contribution in [-0.2, 0) is 6.54 Å². The molecule has 1 saturated carbocycles. The third kappa shape index (κ3) is 3.67. The summed E-state index contributed by atoms with van der Waals surface area (Å²) in [4.78, 5) is 8.71. The average Bonchev–Trinajstić information content (AvgIpc) is 3.11. The summed E-state index contributed by atoms with van der Waals surface area (Å²) in [5.41, 5.74) is 2.16. The molecule has 1 N–H and O–H groups in total. The van der Waals surface area contributed by atoms with Crippen LogP contribution in [0.1, 0.15) is 44.9 Å². The number of aryl methyl sites for hydroxylation is 1. The minimum absolute atomic E-state index is 0.139. The van der Waals surface area contributed by atoms with Crippen LogP contribution in [0.4, 0.5) is 0 Å². The molecule has 100 valence electrons. The van der Waals surface area contributed by atoms with E-state index in [4.69, 9.17) is 4.74 Å². The van der Waals surface area contributed by atoms with Gasteiger partial charge in [-0.15, -0.1) is 0 Å². The highest BCUT2D eigenvalue weighted by atomic mass is 16.5. The van der Waals surface area contributed by atoms with E-state index >= 15 is 0 Å². The third-order valence-corrected chi connectivity index (χ3v) is 3.45. The zero-order valence-corrected chi connectivity index (χ0v) is 11.7. The predicted octanol–water partition coefficient (Wildman–Crippen LogP) is 2.46. The summed E-state index contributed by atoms with van der Waals surface area (Å²) in [6, 6.07) is 1.20. The second kappa shape index (κ2) is 5.65. The molecule has 1 aromatic rings. The van der Waals surface area contributed by atoms with Gasteiger partial charge in [0.15, 0.2) is 0 Å². The van der Waals surface area contributed by atoms with Crippen molar-refractivity contribution in [2.24, 2.45) is 5.92 Å². The smallest absolute Gasteiger partial charge is 0.316 e. The Balaban J connectivity index is 1.95. The van der Waals surface area contributed by atoms with Gasteiger partial charge in [0.1, 0.15) is 6.10 Å². The Bertz CT molecular complexity index is 402. The molecule has 18 heavy (non-hydrogen) atoms. The minimum Gasteiger partial charge on any atom is -0.460 e. The molecule has 0 radical (unpaired) electrons. The Morgan fingerprint density at radius 3 is 2.67 bits per heavy atom. The van der Waals surface area contributed by atoms with Crippen LogP contribution in [0, 0.1) is 12.8 Å². The third-order valence-electron chi connectivity index (χ3n) is 3.45. The van der Waals surface area contributed by atoms with Gasteiger partial charge in [0, 0.05) is 30.0 Å². The lowest BCUT2D eigenvalue weighted by molar-refractivity contribution is 0.155. The summed E-state index contributed by atoms with van der Waals surface area (Å²) in [6.07, 6.45) is 4.61. The van der Waals surface area contributed by atoms with Crippen LogP contribution < -0.4 is 10.1 Å². The molecule has 1 unspecified atom stereocenters. The van der Waals surface area contributed by atoms with Crippen LogP contribution in [0.2, 0.25) is 0 Å². The Labute approximate surface area is 109 Å². The largest absolute Gasteiger partial charge is 0.460 e. The van der Waals surface area contributed by atoms with E-state index in [2.05, 4.69) is 29.1 Å². The fraction of sp³-hybridized carbons (Fsp3) is 0.714. The number of ether oxygens (including phenoxy) is 1. The molecule has 1 aliphatic rings. The first-order valence-electron chi connectivity index (χ1n) is 6.79. The summed E-state index contributed by atoms with van der Waals surface area (Å²) in [5.74, 6) is 0.463. The Kier molecular flexibility index (Phi) is 4.17. The maximum absolute atomic E-state index is 5.71. The topological polar surface area (TPSA) is 47.0 Å². The zero-order chi connectivity index (χ0) is 13.1. The molecule has 0 spiro atoms. The zero-order valence-electron chi connectivity index (χ0n) is 11.7. The highest BCUT2D eigenvalue weighted by Gasteiger charge is 2.20. The average molecular weight is 249 g/mol. The van der Waals surface area contributed by atoms with Crippen molar-refractivity contribution in [2.45, 2.75) is 59.2 Å². The molecule has 1 aliphatic carbocycles. The molecule has 1 fully saturated rings. The maximum Gasteiger partial charge on any atom is 0.316 e. The summed E-state index contributed by atoms with van der Waals surface area (Å²) < 4.78 is 5.71. The molecule has 0 amide bonds. The summed E-state index contributed by atoms with van der Waals surface area (Å²) >= 11 is 0. The van der Waals surface area contributed by atoms with Crippen molar-refractivity contribution < 1.29 is 4.74 Å². The Hall–Kier alpha value is -1.16. The second-order valence-electron chi connectivity index (χ2n) is 5.49. The highest BCUT2D eigenvalue weighted by Crippen LogP contribution is 2.20. The van der Waals surface area contributed by atoms with Crippen molar-refractivity contribution in [3.8, 4) is 6.01 Å². The molecule has 0 aromatic carbocycles. The summed E-state index contributed by atoms with van der Waals surface area (Å²) in [6.45, 7) is 9.18. The fourth-order valence-corrected chi connectivity index (χ4v) is 1.55. The van der Waals surface area contributed by atoms with Crippen LogP contribution in [0.15, 0.2) is 6.20 Å². The van der Waals surface area contributed by atoms with Gasteiger partial charge in [0.05, 0.1) is 0 Å². The monoisotopic (exact) mass is 249 g/mol. The van der Waals surface area contributed by atoms with Crippen molar-refractivity contribution in [2.75, 3.05) is 0 Å². The van der Waals surface area contributed by atoms with Gasteiger partial charge < -0.3 is 10.1 Å². The number of aromatic nitrogens is 2. The SMILES string of the molecule is Cc1nc(OC(C)C(C)C)ncc1CNC1CC1. The predicted molar refractivity (Wildman–Crippen MR) is 71.6 cm³/mol. The fourth-order valence-electron chi connectivity index (χ4n) is 1.55. The molecule has 0 saturated heterocycles. The van der Waals surface area contributed by atoms with E-state index in [0.29, 0.717) is 18.0 Å². The molecule has 1 atom stereocenters. The van der Waals surface area contributed by atoms with Crippen LogP contribution >= 0.6 is 0 Å². The van der Waals surface area contributed by atoms with Gasteiger partial charge in [-0.2, -0.15) is 0 Å². The number of nitrogens with one attached hydrogen (secondary N) is 1. The Morgan fingerprint density at radius 2 is 2.11 bits per heavy atom. The van der Waals surface area contributed by atoms with Gasteiger partial charge in [-0.1, -0.05) is 13.8 Å². The first kappa shape index (κ1) is 13.3. The molecule has 4 nitrogen and oxygen atoms in total. The molecule has 0 aliphatic heterocycles. The van der Waals surface area contributed by atoms with Crippen molar-refractivity contribution >= 4 is 0 Å². The van der Waals surface area contributed by atoms with Crippen molar-refractivity contribution in [1.29, 1.82) is 0 Å². The van der Waals surface area contributed by atoms with E-state index in [-0.39, 0.29) is 6.10 Å². The molecule has 1 heterocycles. The summed E-state index contributed by atoms with van der Waals surface area (Å²) in [5, 5.41) is 3.47. The number of rotatable bonds is 6. The van der Waals surface area contributed by atoms with Gasteiger partial charge in [0.2, 0.25) is 0 Å². The standard InChI is InChI=1S/C14H23N3O/c1-9(2)11(4)18-14-16-8-12(10(3)17-14)7-15-13-5-6-13/h8-9,11,13,15H,5-7H2,1-4H3. The molecule has 2 rings (SSSR count). The van der Waals surface area contributed by atoms with Crippen LogP contribution in [0.3, 0.4) is 0 Å². The number of nitrogens with zero attached hydrogens (tertiary/aromatic N) is 2. The van der Waals surface area contributed by atoms with Gasteiger partial charge >= 0.3 is 6.01 Å². The van der Waals surface area contributed by atoms with Crippen molar-refractivity contribution in [3.05, 3.63) is 17.5 Å². The van der Waals surface area contributed by atoms with E-state index in [0.717, 1.165) is 17.8 Å². The number of hydrogen-bond acceptors (Lipinski definition) is 4. The maximum atomic E-state index is 5.71. The van der Waals surface area contributed by atoms with E-state index in [1.807, 2.05) is 20.0 Å². The minimum atomic E-state index is 0.139. The van der Waals surface area contributed by atoms with Gasteiger partial charge in [-0.25, -0.2) is 9.97 Å². The van der Waals surface area contributed by atoms with E-state index < -0.39 is 0 Å².